The SMILES string of the molecule is O=C(NCc1ccc(OC(F)F)cc1)c1cc2c(s1)-c1ccccc1OC2. The summed E-state index contributed by atoms with van der Waals surface area (Å²) in [6.45, 7) is -2.11. The monoisotopic (exact) mass is 387 g/mol. The van der Waals surface area contributed by atoms with Gasteiger partial charge < -0.3 is 14.8 Å². The van der Waals surface area contributed by atoms with Crippen molar-refractivity contribution >= 4 is 17.2 Å². The van der Waals surface area contributed by atoms with Crippen molar-refractivity contribution in [3.05, 3.63) is 70.6 Å². The Labute approximate surface area is 158 Å². The smallest absolute Gasteiger partial charge is 0.387 e. The molecule has 0 unspecified atom stereocenters. The van der Waals surface area contributed by atoms with Crippen molar-refractivity contribution in [3.63, 3.8) is 0 Å². The van der Waals surface area contributed by atoms with E-state index in [1.165, 1.54) is 23.5 Å². The first-order chi connectivity index (χ1) is 13.1. The van der Waals surface area contributed by atoms with Crippen LogP contribution in [0.4, 0.5) is 8.78 Å². The summed E-state index contributed by atoms with van der Waals surface area (Å²) in [5.74, 6) is 0.731. The molecule has 0 aliphatic carbocycles. The lowest BCUT2D eigenvalue weighted by Crippen LogP contribution is -2.21. The lowest BCUT2D eigenvalue weighted by Gasteiger charge is -2.16. The van der Waals surface area contributed by atoms with Crippen molar-refractivity contribution in [2.24, 2.45) is 0 Å². The Hall–Kier alpha value is -2.93. The lowest BCUT2D eigenvalue weighted by molar-refractivity contribution is -0.0498. The van der Waals surface area contributed by atoms with Gasteiger partial charge in [-0.05, 0) is 35.9 Å². The molecule has 1 amide bonds. The number of carbonyl (C=O) groups excluding carboxylic acids is 1. The van der Waals surface area contributed by atoms with Gasteiger partial charge in [0.05, 0.1) is 4.88 Å². The fourth-order valence-electron chi connectivity index (χ4n) is 2.87. The Balaban J connectivity index is 1.43. The molecule has 0 radical (unpaired) electrons. The van der Waals surface area contributed by atoms with Crippen molar-refractivity contribution in [3.8, 4) is 21.9 Å². The van der Waals surface area contributed by atoms with E-state index in [1.54, 1.807) is 12.1 Å². The van der Waals surface area contributed by atoms with Gasteiger partial charge in [-0.25, -0.2) is 0 Å². The van der Waals surface area contributed by atoms with Crippen LogP contribution in [-0.2, 0) is 13.2 Å². The Bertz CT molecular complexity index is 970. The van der Waals surface area contributed by atoms with E-state index in [0.29, 0.717) is 18.0 Å². The van der Waals surface area contributed by atoms with E-state index in [-0.39, 0.29) is 11.7 Å². The standard InChI is InChI=1S/C20H15F2NO3S/c21-20(22)26-14-7-5-12(6-8-14)10-23-19(24)17-9-13-11-25-16-4-2-1-3-15(16)18(13)27-17/h1-9,20H,10-11H2,(H,23,24). The molecule has 2 heterocycles. The molecule has 0 bridgehead atoms. The number of alkyl halides is 2. The summed E-state index contributed by atoms with van der Waals surface area (Å²) in [4.78, 5) is 14.2. The average Bonchev–Trinajstić information content (AvgIpc) is 3.12. The zero-order chi connectivity index (χ0) is 18.8. The third kappa shape index (κ3) is 3.78. The Morgan fingerprint density at radius 1 is 1.19 bits per heavy atom. The Kier molecular flexibility index (Phi) is 4.77. The number of para-hydroxylation sites is 1. The average molecular weight is 387 g/mol. The molecule has 4 nitrogen and oxygen atoms in total. The number of hydrogen-bond donors (Lipinski definition) is 1. The van der Waals surface area contributed by atoms with Gasteiger partial charge >= 0.3 is 6.61 Å². The second-order valence-electron chi connectivity index (χ2n) is 5.95. The number of nitrogens with one attached hydrogen (secondary N) is 1. The lowest BCUT2D eigenvalue weighted by atomic mass is 10.1. The van der Waals surface area contributed by atoms with Crippen LogP contribution in [0.15, 0.2) is 54.6 Å². The molecule has 1 aromatic heterocycles. The molecule has 1 aliphatic rings. The number of rotatable bonds is 5. The minimum atomic E-state index is -2.85. The highest BCUT2D eigenvalue weighted by Crippen LogP contribution is 2.42. The van der Waals surface area contributed by atoms with Crippen molar-refractivity contribution in [1.29, 1.82) is 0 Å². The predicted molar refractivity (Wildman–Crippen MR) is 98.3 cm³/mol. The maximum absolute atomic E-state index is 12.5. The van der Waals surface area contributed by atoms with E-state index in [2.05, 4.69) is 10.1 Å². The number of benzene rings is 2. The van der Waals surface area contributed by atoms with E-state index in [1.807, 2.05) is 30.3 Å². The summed E-state index contributed by atoms with van der Waals surface area (Å²) in [7, 11) is 0. The third-order valence-electron chi connectivity index (χ3n) is 4.15. The summed E-state index contributed by atoms with van der Waals surface area (Å²) in [6.07, 6.45) is 0. The maximum atomic E-state index is 12.5. The van der Waals surface area contributed by atoms with Crippen LogP contribution in [-0.4, -0.2) is 12.5 Å². The normalized spacial score (nSPS) is 12.1. The Morgan fingerprint density at radius 2 is 1.96 bits per heavy atom. The molecule has 1 aliphatic heterocycles. The summed E-state index contributed by atoms with van der Waals surface area (Å²) in [6, 6.07) is 15.8. The van der Waals surface area contributed by atoms with Crippen molar-refractivity contribution in [2.45, 2.75) is 19.8 Å². The zero-order valence-corrected chi connectivity index (χ0v) is 14.9. The van der Waals surface area contributed by atoms with Crippen LogP contribution in [0.25, 0.3) is 10.4 Å². The number of carbonyl (C=O) groups is 1. The molecular weight excluding hydrogens is 372 g/mol. The van der Waals surface area contributed by atoms with Gasteiger partial charge in [0.25, 0.3) is 5.91 Å². The minimum absolute atomic E-state index is 0.0877. The molecule has 2 aromatic carbocycles. The molecule has 0 atom stereocenters. The highest BCUT2D eigenvalue weighted by molar-refractivity contribution is 7.17. The van der Waals surface area contributed by atoms with Gasteiger partial charge in [0.15, 0.2) is 0 Å². The molecule has 138 valence electrons. The van der Waals surface area contributed by atoms with Crippen LogP contribution in [0.1, 0.15) is 20.8 Å². The van der Waals surface area contributed by atoms with Crippen LogP contribution in [0.5, 0.6) is 11.5 Å². The van der Waals surface area contributed by atoms with Crippen LogP contribution in [0.3, 0.4) is 0 Å². The van der Waals surface area contributed by atoms with Gasteiger partial charge in [0.2, 0.25) is 0 Å². The highest BCUT2D eigenvalue weighted by atomic mass is 32.1. The molecule has 0 fully saturated rings. The quantitative estimate of drug-likeness (QED) is 0.682. The Morgan fingerprint density at radius 3 is 2.74 bits per heavy atom. The van der Waals surface area contributed by atoms with Crippen molar-refractivity contribution < 1.29 is 23.0 Å². The number of halogens is 2. The predicted octanol–water partition coefficient (Wildman–Crippen LogP) is 4.84. The van der Waals surface area contributed by atoms with E-state index < -0.39 is 6.61 Å². The third-order valence-corrected chi connectivity index (χ3v) is 5.36. The van der Waals surface area contributed by atoms with Gasteiger partial charge in [-0.2, -0.15) is 8.78 Å². The molecule has 0 saturated carbocycles. The van der Waals surface area contributed by atoms with E-state index in [9.17, 15) is 13.6 Å². The van der Waals surface area contributed by atoms with Gasteiger partial charge in [-0.15, -0.1) is 11.3 Å². The summed E-state index contributed by atoms with van der Waals surface area (Å²) in [5.41, 5.74) is 2.79. The first-order valence-corrected chi connectivity index (χ1v) is 9.08. The number of thiophene rings is 1. The largest absolute Gasteiger partial charge is 0.488 e. The van der Waals surface area contributed by atoms with Gasteiger partial charge in [0, 0.05) is 22.5 Å². The first kappa shape index (κ1) is 17.5. The summed E-state index contributed by atoms with van der Waals surface area (Å²) < 4.78 is 34.4. The molecule has 3 aromatic rings. The summed E-state index contributed by atoms with van der Waals surface area (Å²) >= 11 is 1.44. The molecule has 27 heavy (non-hydrogen) atoms. The van der Waals surface area contributed by atoms with Crippen LogP contribution < -0.4 is 14.8 Å². The number of fused-ring (bicyclic) bond motifs is 3. The second-order valence-corrected chi connectivity index (χ2v) is 7.01. The summed E-state index contributed by atoms with van der Waals surface area (Å²) in [5, 5.41) is 2.85. The molecule has 4 rings (SSSR count). The first-order valence-electron chi connectivity index (χ1n) is 8.27. The fourth-order valence-corrected chi connectivity index (χ4v) is 3.98. The fraction of sp³-hybridized carbons (Fsp3) is 0.150. The van der Waals surface area contributed by atoms with Gasteiger partial charge in [0.1, 0.15) is 18.1 Å². The number of ether oxygens (including phenoxy) is 2. The van der Waals surface area contributed by atoms with Crippen molar-refractivity contribution in [1.82, 2.24) is 5.32 Å². The van der Waals surface area contributed by atoms with E-state index in [0.717, 1.165) is 27.3 Å². The van der Waals surface area contributed by atoms with Crippen LogP contribution >= 0.6 is 11.3 Å². The molecular formula is C20H15F2NO3S. The molecule has 0 saturated heterocycles. The van der Waals surface area contributed by atoms with E-state index in [4.69, 9.17) is 4.74 Å². The maximum Gasteiger partial charge on any atom is 0.387 e. The topological polar surface area (TPSA) is 47.6 Å². The second kappa shape index (κ2) is 7.36. The number of hydrogen-bond acceptors (Lipinski definition) is 4. The van der Waals surface area contributed by atoms with E-state index >= 15 is 0 Å². The van der Waals surface area contributed by atoms with Gasteiger partial charge in [-0.1, -0.05) is 24.3 Å². The van der Waals surface area contributed by atoms with Crippen LogP contribution in [0.2, 0.25) is 0 Å². The van der Waals surface area contributed by atoms with Crippen LogP contribution in [0, 0.1) is 0 Å². The molecule has 0 spiro atoms. The molecule has 7 heteroatoms. The minimum Gasteiger partial charge on any atom is -0.488 e. The zero-order valence-electron chi connectivity index (χ0n) is 14.1. The molecule has 1 N–H and O–H groups in total. The highest BCUT2D eigenvalue weighted by Gasteiger charge is 2.22. The van der Waals surface area contributed by atoms with Crippen molar-refractivity contribution in [2.75, 3.05) is 0 Å². The number of amides is 1. The van der Waals surface area contributed by atoms with Gasteiger partial charge in [-0.3, -0.25) is 4.79 Å².